The van der Waals surface area contributed by atoms with Gasteiger partial charge >= 0.3 is 5.63 Å². The predicted molar refractivity (Wildman–Crippen MR) is 82.6 cm³/mol. The van der Waals surface area contributed by atoms with Gasteiger partial charge in [-0.1, -0.05) is 13.3 Å². The van der Waals surface area contributed by atoms with Crippen LogP contribution in [-0.4, -0.2) is 21.9 Å². The fraction of sp³-hybridized carbons (Fsp3) is 0.471. The SMILES string of the molecule is CCCc1cc(=O)oc2c3c(cc(O)c12)OC(C(C)(C)O)C3. The molecule has 0 saturated heterocycles. The maximum atomic E-state index is 11.8. The van der Waals surface area contributed by atoms with Gasteiger partial charge in [0.1, 0.15) is 23.2 Å². The standard InChI is InChI=1S/C17H20O5/c1-4-5-9-6-14(19)22-16-10-7-13(17(2,3)20)21-12(10)8-11(18)15(9)16/h6,8,13,18,20H,4-5,7H2,1-3H3. The minimum absolute atomic E-state index is 0.0392. The second-order valence-corrected chi connectivity index (χ2v) is 6.38. The Balaban J connectivity index is 2.24. The number of rotatable bonds is 3. The lowest BCUT2D eigenvalue weighted by Crippen LogP contribution is -2.39. The number of phenolic OH excluding ortho intramolecular Hbond substituents is 1. The van der Waals surface area contributed by atoms with Gasteiger partial charge in [-0.05, 0) is 25.8 Å². The Labute approximate surface area is 128 Å². The number of hydrogen-bond acceptors (Lipinski definition) is 5. The first-order chi connectivity index (χ1) is 10.3. The van der Waals surface area contributed by atoms with Crippen LogP contribution < -0.4 is 10.4 Å². The summed E-state index contributed by atoms with van der Waals surface area (Å²) in [5.41, 5.74) is 0.423. The lowest BCUT2D eigenvalue weighted by atomic mass is 9.95. The zero-order valence-corrected chi connectivity index (χ0v) is 13.0. The number of aliphatic hydroxyl groups is 1. The molecule has 2 heterocycles. The summed E-state index contributed by atoms with van der Waals surface area (Å²) in [5.74, 6) is 0.506. The second-order valence-electron chi connectivity index (χ2n) is 6.38. The largest absolute Gasteiger partial charge is 0.507 e. The highest BCUT2D eigenvalue weighted by atomic mass is 16.5. The summed E-state index contributed by atoms with van der Waals surface area (Å²) in [6.45, 7) is 5.35. The molecule has 0 amide bonds. The Hall–Kier alpha value is -2.01. The summed E-state index contributed by atoms with van der Waals surface area (Å²) in [7, 11) is 0. The summed E-state index contributed by atoms with van der Waals surface area (Å²) in [5, 5.41) is 21.0. The van der Waals surface area contributed by atoms with E-state index in [1.165, 1.54) is 6.07 Å². The molecule has 5 heteroatoms. The first-order valence-electron chi connectivity index (χ1n) is 7.52. The van der Waals surface area contributed by atoms with E-state index in [0.29, 0.717) is 29.6 Å². The van der Waals surface area contributed by atoms with Crippen molar-refractivity contribution in [2.75, 3.05) is 0 Å². The van der Waals surface area contributed by atoms with Gasteiger partial charge in [0.2, 0.25) is 0 Å². The number of aromatic hydroxyl groups is 1. The summed E-state index contributed by atoms with van der Waals surface area (Å²) in [4.78, 5) is 11.8. The van der Waals surface area contributed by atoms with Crippen molar-refractivity contribution in [3.63, 3.8) is 0 Å². The number of hydrogen-bond donors (Lipinski definition) is 2. The van der Waals surface area contributed by atoms with E-state index in [9.17, 15) is 15.0 Å². The van der Waals surface area contributed by atoms with Crippen molar-refractivity contribution >= 4 is 11.0 Å². The summed E-state index contributed by atoms with van der Waals surface area (Å²) < 4.78 is 11.1. The van der Waals surface area contributed by atoms with Crippen molar-refractivity contribution in [3.8, 4) is 11.5 Å². The van der Waals surface area contributed by atoms with Gasteiger partial charge in [0.15, 0.2) is 0 Å². The molecule has 0 spiro atoms. The molecule has 1 atom stereocenters. The highest BCUT2D eigenvalue weighted by Gasteiger charge is 2.37. The average Bonchev–Trinajstić information content (AvgIpc) is 2.82. The van der Waals surface area contributed by atoms with Gasteiger partial charge in [-0.2, -0.15) is 0 Å². The Morgan fingerprint density at radius 3 is 2.73 bits per heavy atom. The highest BCUT2D eigenvalue weighted by Crippen LogP contribution is 2.42. The van der Waals surface area contributed by atoms with Crippen LogP contribution in [0, 0.1) is 0 Å². The molecule has 0 fully saturated rings. The molecule has 1 unspecified atom stereocenters. The lowest BCUT2D eigenvalue weighted by molar-refractivity contribution is -0.0229. The van der Waals surface area contributed by atoms with Gasteiger partial charge < -0.3 is 19.4 Å². The van der Waals surface area contributed by atoms with E-state index in [2.05, 4.69) is 0 Å². The number of aryl methyl sites for hydroxylation is 1. The average molecular weight is 304 g/mol. The van der Waals surface area contributed by atoms with Crippen molar-refractivity contribution in [3.05, 3.63) is 33.7 Å². The third-order valence-electron chi connectivity index (χ3n) is 4.10. The number of benzene rings is 1. The van der Waals surface area contributed by atoms with Gasteiger partial charge in [0.25, 0.3) is 0 Å². The van der Waals surface area contributed by atoms with Crippen LogP contribution in [0.2, 0.25) is 0 Å². The predicted octanol–water partition coefficient (Wildman–Crippen LogP) is 2.53. The van der Waals surface area contributed by atoms with E-state index in [4.69, 9.17) is 9.15 Å². The first kappa shape index (κ1) is 14.9. The summed E-state index contributed by atoms with van der Waals surface area (Å²) in [6.07, 6.45) is 1.54. The van der Waals surface area contributed by atoms with Gasteiger partial charge in [-0.15, -0.1) is 0 Å². The van der Waals surface area contributed by atoms with Crippen LogP contribution in [0.4, 0.5) is 0 Å². The number of fused-ring (bicyclic) bond motifs is 3. The van der Waals surface area contributed by atoms with Crippen LogP contribution in [0.15, 0.2) is 21.3 Å². The zero-order chi connectivity index (χ0) is 16.1. The van der Waals surface area contributed by atoms with Gasteiger partial charge in [-0.25, -0.2) is 4.79 Å². The number of ether oxygens (including phenoxy) is 1. The highest BCUT2D eigenvalue weighted by molar-refractivity contribution is 5.91. The van der Waals surface area contributed by atoms with E-state index < -0.39 is 17.3 Å². The monoisotopic (exact) mass is 304 g/mol. The third-order valence-corrected chi connectivity index (χ3v) is 4.10. The Kier molecular flexibility index (Phi) is 3.40. The molecule has 5 nitrogen and oxygen atoms in total. The van der Waals surface area contributed by atoms with Crippen LogP contribution in [-0.2, 0) is 12.8 Å². The molecule has 1 aromatic carbocycles. The first-order valence-corrected chi connectivity index (χ1v) is 7.52. The molecule has 118 valence electrons. The molecule has 1 aliphatic heterocycles. The van der Waals surface area contributed by atoms with Crippen LogP contribution in [0.25, 0.3) is 11.0 Å². The Morgan fingerprint density at radius 1 is 1.36 bits per heavy atom. The van der Waals surface area contributed by atoms with Crippen molar-refractivity contribution in [2.45, 2.75) is 51.7 Å². The van der Waals surface area contributed by atoms with Crippen LogP contribution in [0.1, 0.15) is 38.3 Å². The normalized spacial score (nSPS) is 17.5. The van der Waals surface area contributed by atoms with Crippen LogP contribution in [0.5, 0.6) is 11.5 Å². The van der Waals surface area contributed by atoms with E-state index in [0.717, 1.165) is 17.5 Å². The Bertz CT molecular complexity index is 782. The topological polar surface area (TPSA) is 79.9 Å². The van der Waals surface area contributed by atoms with E-state index >= 15 is 0 Å². The molecule has 2 N–H and O–H groups in total. The lowest BCUT2D eigenvalue weighted by Gasteiger charge is -2.24. The molecule has 1 aromatic heterocycles. The number of phenols is 1. The third kappa shape index (κ3) is 2.35. The Morgan fingerprint density at radius 2 is 2.09 bits per heavy atom. The minimum atomic E-state index is -1.03. The molecule has 3 rings (SSSR count). The van der Waals surface area contributed by atoms with Crippen molar-refractivity contribution in [2.24, 2.45) is 0 Å². The molecule has 0 radical (unpaired) electrons. The van der Waals surface area contributed by atoms with Crippen LogP contribution in [0.3, 0.4) is 0 Å². The fourth-order valence-corrected chi connectivity index (χ4v) is 2.97. The quantitative estimate of drug-likeness (QED) is 0.852. The van der Waals surface area contributed by atoms with Crippen molar-refractivity contribution in [1.82, 2.24) is 0 Å². The summed E-state index contributed by atoms with van der Waals surface area (Å²) in [6, 6.07) is 2.98. The molecule has 22 heavy (non-hydrogen) atoms. The van der Waals surface area contributed by atoms with Gasteiger partial charge in [0, 0.05) is 24.1 Å². The molecule has 0 saturated carbocycles. The van der Waals surface area contributed by atoms with E-state index in [1.807, 2.05) is 6.92 Å². The van der Waals surface area contributed by atoms with Crippen molar-refractivity contribution < 1.29 is 19.4 Å². The van der Waals surface area contributed by atoms with Gasteiger partial charge in [0.05, 0.1) is 11.0 Å². The molecular formula is C17H20O5. The van der Waals surface area contributed by atoms with E-state index in [1.54, 1.807) is 19.9 Å². The van der Waals surface area contributed by atoms with Crippen LogP contribution >= 0.6 is 0 Å². The molecule has 0 bridgehead atoms. The van der Waals surface area contributed by atoms with E-state index in [-0.39, 0.29) is 5.75 Å². The smallest absolute Gasteiger partial charge is 0.336 e. The molecule has 1 aliphatic rings. The molecular weight excluding hydrogens is 284 g/mol. The van der Waals surface area contributed by atoms with Gasteiger partial charge in [-0.3, -0.25) is 0 Å². The molecule has 0 aliphatic carbocycles. The zero-order valence-electron chi connectivity index (χ0n) is 13.0. The maximum Gasteiger partial charge on any atom is 0.336 e. The van der Waals surface area contributed by atoms with Crippen molar-refractivity contribution in [1.29, 1.82) is 0 Å². The minimum Gasteiger partial charge on any atom is -0.507 e. The summed E-state index contributed by atoms with van der Waals surface area (Å²) >= 11 is 0. The fourth-order valence-electron chi connectivity index (χ4n) is 2.97. The maximum absolute atomic E-state index is 11.8. The second kappa shape index (κ2) is 5.02. The molecule has 2 aromatic rings.